The molecule has 2 aromatic rings. The number of phenolic OH excluding ortho intramolecular Hbond substituents is 1. The van der Waals surface area contributed by atoms with Crippen molar-refractivity contribution < 1.29 is 14.6 Å². The number of ether oxygens (including phenoxy) is 1. The summed E-state index contributed by atoms with van der Waals surface area (Å²) in [4.78, 5) is 14.0. The highest BCUT2D eigenvalue weighted by Gasteiger charge is 2.27. The Hall–Kier alpha value is -2.86. The number of methoxy groups -OCH3 is 1. The minimum Gasteiger partial charge on any atom is -0.507 e. The lowest BCUT2D eigenvalue weighted by Gasteiger charge is -2.18. The number of nitrogens with one attached hydrogen (secondary N) is 1. The number of aromatic hydroxyl groups is 1. The third kappa shape index (κ3) is 5.00. The highest BCUT2D eigenvalue weighted by molar-refractivity contribution is 7.80. The number of hydrogen-bond donors (Lipinski definition) is 2. The van der Waals surface area contributed by atoms with Crippen molar-refractivity contribution in [2.75, 3.05) is 26.1 Å². The molecule has 0 aromatic heterocycles. The minimum atomic E-state index is 0.105. The van der Waals surface area contributed by atoms with E-state index in [4.69, 9.17) is 17.0 Å². The number of allylic oxidation sites excluding steroid dienone is 1. The zero-order chi connectivity index (χ0) is 21.8. The summed E-state index contributed by atoms with van der Waals surface area (Å²) in [6, 6.07) is 9.50. The fourth-order valence-corrected chi connectivity index (χ4v) is 3.71. The molecule has 3 rings (SSSR count). The molecule has 0 unspecified atom stereocenters. The first-order chi connectivity index (χ1) is 14.3. The number of carbonyl (C=O) groups excluding carboxylic acids is 1. The van der Waals surface area contributed by atoms with E-state index < -0.39 is 0 Å². The van der Waals surface area contributed by atoms with Gasteiger partial charge in [-0.15, -0.1) is 0 Å². The second-order valence-electron chi connectivity index (χ2n) is 7.86. The van der Waals surface area contributed by atoms with Gasteiger partial charge in [-0.2, -0.15) is 0 Å². The van der Waals surface area contributed by atoms with E-state index >= 15 is 0 Å². The summed E-state index contributed by atoms with van der Waals surface area (Å²) in [5.41, 5.74) is 5.25. The summed E-state index contributed by atoms with van der Waals surface area (Å²) >= 11 is 5.51. The van der Waals surface area contributed by atoms with E-state index in [-0.39, 0.29) is 5.75 Å². The molecule has 0 bridgehead atoms. The van der Waals surface area contributed by atoms with Crippen LogP contribution in [0, 0.1) is 0 Å². The molecule has 0 spiro atoms. The molecule has 0 amide bonds. The molecular weight excluding hydrogens is 396 g/mol. The number of phenols is 1. The maximum absolute atomic E-state index is 11.3. The number of nitrogens with zero attached hydrogens (tertiary/aromatic N) is 1. The lowest BCUT2D eigenvalue weighted by atomic mass is 9.97. The maximum atomic E-state index is 11.3. The van der Waals surface area contributed by atoms with Crippen LogP contribution in [0.3, 0.4) is 0 Å². The van der Waals surface area contributed by atoms with Gasteiger partial charge in [-0.1, -0.05) is 18.3 Å². The summed E-state index contributed by atoms with van der Waals surface area (Å²) in [5.74, 6) is 1.35. The second-order valence-corrected chi connectivity index (χ2v) is 8.36. The zero-order valence-electron chi connectivity index (χ0n) is 17.9. The van der Waals surface area contributed by atoms with Crippen molar-refractivity contribution in [1.29, 1.82) is 0 Å². The van der Waals surface area contributed by atoms with Crippen LogP contribution >= 0.6 is 12.2 Å². The van der Waals surface area contributed by atoms with Gasteiger partial charge in [0.1, 0.15) is 17.8 Å². The largest absolute Gasteiger partial charge is 0.507 e. The van der Waals surface area contributed by atoms with E-state index in [0.29, 0.717) is 22.9 Å². The normalized spacial score (nSPS) is 13.7. The summed E-state index contributed by atoms with van der Waals surface area (Å²) in [5, 5.41) is 13.5. The third-order valence-corrected chi connectivity index (χ3v) is 5.57. The van der Waals surface area contributed by atoms with Crippen LogP contribution in [-0.4, -0.2) is 37.6 Å². The summed E-state index contributed by atoms with van der Waals surface area (Å²) < 4.78 is 5.41. The van der Waals surface area contributed by atoms with E-state index in [1.807, 2.05) is 50.3 Å². The fourth-order valence-electron chi connectivity index (χ4n) is 3.48. The number of rotatable bonds is 8. The van der Waals surface area contributed by atoms with Crippen molar-refractivity contribution in [3.63, 3.8) is 0 Å². The Morgan fingerprint density at radius 3 is 2.63 bits per heavy atom. The van der Waals surface area contributed by atoms with Gasteiger partial charge in [0.25, 0.3) is 0 Å². The molecule has 5 nitrogen and oxygen atoms in total. The Labute approximate surface area is 183 Å². The predicted molar refractivity (Wildman–Crippen MR) is 126 cm³/mol. The quantitative estimate of drug-likeness (QED) is 0.474. The first-order valence-electron chi connectivity index (χ1n) is 9.96. The SMILES string of the molecule is COc1ccc(CC(=S)N/C=C(\C)c2cc(C3CC3)c(C=O)cc2O)cc1N(C)C. The van der Waals surface area contributed by atoms with Gasteiger partial charge in [-0.3, -0.25) is 4.79 Å². The molecule has 0 aliphatic heterocycles. The van der Waals surface area contributed by atoms with Crippen molar-refractivity contribution >= 4 is 34.8 Å². The molecular formula is C24H28N2O3S. The number of aldehydes is 1. The van der Waals surface area contributed by atoms with Gasteiger partial charge in [0.15, 0.2) is 0 Å². The van der Waals surface area contributed by atoms with Crippen molar-refractivity contribution in [3.05, 3.63) is 58.8 Å². The Morgan fingerprint density at radius 2 is 2.03 bits per heavy atom. The molecule has 0 radical (unpaired) electrons. The number of hydrogen-bond acceptors (Lipinski definition) is 5. The van der Waals surface area contributed by atoms with Gasteiger partial charge in [0, 0.05) is 37.8 Å². The van der Waals surface area contributed by atoms with Crippen LogP contribution in [0.25, 0.3) is 5.57 Å². The first-order valence-corrected chi connectivity index (χ1v) is 10.4. The molecule has 1 aliphatic rings. The van der Waals surface area contributed by atoms with Crippen LogP contribution in [-0.2, 0) is 6.42 Å². The molecule has 0 atom stereocenters. The Kier molecular flexibility index (Phi) is 6.77. The van der Waals surface area contributed by atoms with Crippen molar-refractivity contribution in [2.45, 2.75) is 32.1 Å². The highest BCUT2D eigenvalue weighted by atomic mass is 32.1. The molecule has 0 heterocycles. The molecule has 1 aliphatic carbocycles. The lowest BCUT2D eigenvalue weighted by molar-refractivity contribution is 0.112. The Balaban J connectivity index is 1.73. The number of carbonyl (C=O) groups is 1. The number of benzene rings is 2. The van der Waals surface area contributed by atoms with Gasteiger partial charge in [-0.05, 0) is 66.6 Å². The maximum Gasteiger partial charge on any atom is 0.150 e. The third-order valence-electron chi connectivity index (χ3n) is 5.31. The molecule has 2 aromatic carbocycles. The molecule has 158 valence electrons. The first kappa shape index (κ1) is 21.8. The van der Waals surface area contributed by atoms with E-state index in [1.165, 1.54) is 0 Å². The van der Waals surface area contributed by atoms with Crippen molar-refractivity contribution in [2.24, 2.45) is 0 Å². The summed E-state index contributed by atoms with van der Waals surface area (Å²) in [6.45, 7) is 1.92. The van der Waals surface area contributed by atoms with Crippen LogP contribution in [0.5, 0.6) is 11.5 Å². The minimum absolute atomic E-state index is 0.105. The van der Waals surface area contributed by atoms with Gasteiger partial charge >= 0.3 is 0 Å². The Bertz CT molecular complexity index is 994. The zero-order valence-corrected chi connectivity index (χ0v) is 18.7. The molecule has 2 N–H and O–H groups in total. The second kappa shape index (κ2) is 9.30. The van der Waals surface area contributed by atoms with E-state index in [2.05, 4.69) is 11.4 Å². The number of thiocarbonyl (C=S) groups is 1. The van der Waals surface area contributed by atoms with Crippen molar-refractivity contribution in [3.8, 4) is 11.5 Å². The van der Waals surface area contributed by atoms with Gasteiger partial charge < -0.3 is 20.1 Å². The molecule has 6 heteroatoms. The molecule has 0 saturated heterocycles. The average Bonchev–Trinajstić information content (AvgIpc) is 3.56. The smallest absolute Gasteiger partial charge is 0.150 e. The standard InChI is InChI=1S/C24H28N2O3S/c1-15(19-12-20(17-6-7-17)18(14-27)11-22(19)28)13-25-24(30)10-16-5-8-23(29-4)21(9-16)26(2)3/h5,8-9,11-14,17,28H,6-7,10H2,1-4H3,(H,25,30)/b15-13+. The van der Waals surface area contributed by atoms with Crippen LogP contribution in [0.1, 0.15) is 52.7 Å². The molecule has 1 fully saturated rings. The summed E-state index contributed by atoms with van der Waals surface area (Å²) in [7, 11) is 5.61. The van der Waals surface area contributed by atoms with Crippen LogP contribution < -0.4 is 15.0 Å². The number of anilines is 1. The molecule has 30 heavy (non-hydrogen) atoms. The summed E-state index contributed by atoms with van der Waals surface area (Å²) in [6.07, 6.45) is 5.40. The van der Waals surface area contributed by atoms with E-state index in [1.54, 1.807) is 13.2 Å². The Morgan fingerprint density at radius 1 is 1.30 bits per heavy atom. The molecule has 1 saturated carbocycles. The van der Waals surface area contributed by atoms with Crippen molar-refractivity contribution in [1.82, 2.24) is 5.32 Å². The average molecular weight is 425 g/mol. The van der Waals surface area contributed by atoms with Crippen LogP contribution in [0.15, 0.2) is 36.5 Å². The van der Waals surface area contributed by atoms with Gasteiger partial charge in [0.2, 0.25) is 0 Å². The van der Waals surface area contributed by atoms with Crippen LogP contribution in [0.2, 0.25) is 0 Å². The topological polar surface area (TPSA) is 61.8 Å². The van der Waals surface area contributed by atoms with E-state index in [9.17, 15) is 9.90 Å². The fraction of sp³-hybridized carbons (Fsp3) is 0.333. The van der Waals surface area contributed by atoms with E-state index in [0.717, 1.165) is 52.8 Å². The van der Waals surface area contributed by atoms with Gasteiger partial charge in [0.05, 0.1) is 17.8 Å². The highest BCUT2D eigenvalue weighted by Crippen LogP contribution is 2.43. The predicted octanol–water partition coefficient (Wildman–Crippen LogP) is 4.68. The van der Waals surface area contributed by atoms with Gasteiger partial charge in [-0.25, -0.2) is 0 Å². The van der Waals surface area contributed by atoms with Crippen LogP contribution in [0.4, 0.5) is 5.69 Å². The lowest BCUT2D eigenvalue weighted by Crippen LogP contribution is -2.18. The monoisotopic (exact) mass is 424 g/mol.